The molecule has 32 heavy (non-hydrogen) atoms. The number of nitrogens with zero attached hydrogens (tertiary/aromatic N) is 3. The van der Waals surface area contributed by atoms with E-state index in [1.807, 2.05) is 31.9 Å². The number of sulfonamides is 2. The third-order valence-electron chi connectivity index (χ3n) is 7.06. The fourth-order valence-corrected chi connectivity index (χ4v) is 7.92. The van der Waals surface area contributed by atoms with Crippen molar-refractivity contribution in [3.63, 3.8) is 0 Å². The molecule has 0 aromatic heterocycles. The van der Waals surface area contributed by atoms with Crippen LogP contribution in [-0.4, -0.2) is 58.0 Å². The number of likely N-dealkylation sites (N-methyl/N-ethyl adjacent to an activating group) is 1. The quantitative estimate of drug-likeness (QED) is 0.685. The maximum absolute atomic E-state index is 13.4. The first-order chi connectivity index (χ1) is 15.0. The van der Waals surface area contributed by atoms with Crippen molar-refractivity contribution in [2.24, 2.45) is 0 Å². The van der Waals surface area contributed by atoms with E-state index in [9.17, 15) is 16.8 Å². The lowest BCUT2D eigenvalue weighted by molar-refractivity contribution is 0.254. The summed E-state index contributed by atoms with van der Waals surface area (Å²) in [6, 6.07) is 13.0. The van der Waals surface area contributed by atoms with Crippen LogP contribution >= 0.6 is 0 Å². The van der Waals surface area contributed by atoms with Crippen molar-refractivity contribution in [2.45, 2.75) is 36.7 Å². The van der Waals surface area contributed by atoms with Gasteiger partial charge in [-0.3, -0.25) is 4.31 Å². The van der Waals surface area contributed by atoms with Crippen LogP contribution in [0.5, 0.6) is 0 Å². The molecular formula is C23H27N3O4S2. The van der Waals surface area contributed by atoms with E-state index in [0.29, 0.717) is 13.0 Å². The number of anilines is 1. The molecule has 0 saturated carbocycles. The van der Waals surface area contributed by atoms with Crippen molar-refractivity contribution in [1.82, 2.24) is 8.61 Å². The Morgan fingerprint density at radius 2 is 1.62 bits per heavy atom. The van der Waals surface area contributed by atoms with Crippen LogP contribution in [0.1, 0.15) is 23.1 Å². The minimum atomic E-state index is -3.69. The van der Waals surface area contributed by atoms with Crippen LogP contribution in [0.15, 0.2) is 59.1 Å². The molecule has 2 aromatic carbocycles. The molecule has 1 spiro atoms. The summed E-state index contributed by atoms with van der Waals surface area (Å²) in [6.07, 6.45) is 2.96. The van der Waals surface area contributed by atoms with Crippen molar-refractivity contribution in [2.75, 3.05) is 31.3 Å². The van der Waals surface area contributed by atoms with Gasteiger partial charge in [0, 0.05) is 32.0 Å². The molecular weight excluding hydrogens is 446 g/mol. The molecule has 0 amide bonds. The van der Waals surface area contributed by atoms with Crippen LogP contribution in [0.3, 0.4) is 0 Å². The van der Waals surface area contributed by atoms with Crippen LogP contribution in [0, 0.1) is 13.8 Å². The topological polar surface area (TPSA) is 78.0 Å². The summed E-state index contributed by atoms with van der Waals surface area (Å²) in [6.45, 7) is 4.42. The van der Waals surface area contributed by atoms with E-state index < -0.39 is 31.6 Å². The van der Waals surface area contributed by atoms with E-state index in [1.165, 1.54) is 14.9 Å². The van der Waals surface area contributed by atoms with Gasteiger partial charge in [-0.05, 0) is 55.2 Å². The number of hydrogen-bond donors (Lipinski definition) is 0. The summed E-state index contributed by atoms with van der Waals surface area (Å²) in [4.78, 5) is 2.28. The highest BCUT2D eigenvalue weighted by Crippen LogP contribution is 2.58. The average molecular weight is 474 g/mol. The van der Waals surface area contributed by atoms with Gasteiger partial charge < -0.3 is 4.90 Å². The van der Waals surface area contributed by atoms with Crippen molar-refractivity contribution in [3.05, 3.63) is 70.9 Å². The lowest BCUT2D eigenvalue weighted by Gasteiger charge is -2.42. The first kappa shape index (κ1) is 21.5. The fourth-order valence-electron chi connectivity index (χ4n) is 5.50. The first-order valence-corrected chi connectivity index (χ1v) is 13.9. The van der Waals surface area contributed by atoms with Crippen molar-refractivity contribution in [3.8, 4) is 0 Å². The molecule has 1 fully saturated rings. The Hall–Kier alpha value is -2.36. The van der Waals surface area contributed by atoms with E-state index in [1.54, 1.807) is 30.5 Å². The van der Waals surface area contributed by atoms with Gasteiger partial charge in [-0.2, -0.15) is 4.31 Å². The van der Waals surface area contributed by atoms with Crippen molar-refractivity contribution < 1.29 is 16.8 Å². The third-order valence-corrected chi connectivity index (χ3v) is 9.99. The number of benzene rings is 2. The number of fused-ring (bicyclic) bond motifs is 1. The van der Waals surface area contributed by atoms with Gasteiger partial charge in [0.15, 0.2) is 0 Å². The van der Waals surface area contributed by atoms with Crippen LogP contribution in [0.4, 0.5) is 5.69 Å². The Morgan fingerprint density at radius 3 is 2.28 bits per heavy atom. The molecule has 0 radical (unpaired) electrons. The van der Waals surface area contributed by atoms with E-state index in [2.05, 4.69) is 12.1 Å². The Bertz CT molecular complexity index is 1350. The van der Waals surface area contributed by atoms with Gasteiger partial charge in [0.1, 0.15) is 6.17 Å². The van der Waals surface area contributed by atoms with Gasteiger partial charge in [-0.1, -0.05) is 29.8 Å². The number of hydrogen-bond acceptors (Lipinski definition) is 5. The minimum Gasteiger partial charge on any atom is -0.352 e. The first-order valence-electron chi connectivity index (χ1n) is 10.6. The Morgan fingerprint density at radius 1 is 0.969 bits per heavy atom. The smallest absolute Gasteiger partial charge is 0.243 e. The zero-order valence-electron chi connectivity index (χ0n) is 18.6. The largest absolute Gasteiger partial charge is 0.352 e. The predicted molar refractivity (Wildman–Crippen MR) is 124 cm³/mol. The zero-order chi connectivity index (χ0) is 23.1. The van der Waals surface area contributed by atoms with E-state index in [4.69, 9.17) is 0 Å². The highest BCUT2D eigenvalue weighted by atomic mass is 32.2. The molecule has 0 bridgehead atoms. The van der Waals surface area contributed by atoms with Crippen molar-refractivity contribution >= 4 is 25.7 Å². The maximum Gasteiger partial charge on any atom is 0.243 e. The number of aryl methyl sites for hydroxylation is 2. The predicted octanol–water partition coefficient (Wildman–Crippen LogP) is 2.57. The molecule has 2 atom stereocenters. The molecule has 3 heterocycles. The van der Waals surface area contributed by atoms with Gasteiger partial charge in [-0.15, -0.1) is 0 Å². The molecule has 5 rings (SSSR count). The zero-order valence-corrected chi connectivity index (χ0v) is 20.2. The normalized spacial score (nSPS) is 25.4. The number of rotatable bonds is 3. The SMILES string of the molecule is Cc1ccc(S(=O)(=O)N2CC[C@]34C(=CN(S(C)(=O)=O)[C@H]3N(C)c3cc(C)ccc34)C2)cc1. The second kappa shape index (κ2) is 6.82. The second-order valence-corrected chi connectivity index (χ2v) is 13.0. The van der Waals surface area contributed by atoms with E-state index >= 15 is 0 Å². The molecule has 2 aromatic rings. The molecule has 7 nitrogen and oxygen atoms in total. The molecule has 1 saturated heterocycles. The minimum absolute atomic E-state index is 0.167. The monoisotopic (exact) mass is 473 g/mol. The lowest BCUT2D eigenvalue weighted by atomic mass is 9.71. The highest BCUT2D eigenvalue weighted by Gasteiger charge is 2.61. The molecule has 3 aliphatic rings. The molecule has 0 N–H and O–H groups in total. The second-order valence-electron chi connectivity index (χ2n) is 9.13. The lowest BCUT2D eigenvalue weighted by Crippen LogP contribution is -2.55. The van der Waals surface area contributed by atoms with Crippen LogP contribution < -0.4 is 4.90 Å². The Balaban J connectivity index is 1.61. The standard InChI is InChI=1S/C23H27N3O4S2/c1-16-5-8-19(9-6-16)32(29,30)25-12-11-23-18(14-25)15-26(31(4,27)28)22(23)24(3)21-13-17(2)7-10-20(21)23/h5-10,13,15,22H,11-12,14H2,1-4H3/t22-,23-/m1/s1. The summed E-state index contributed by atoms with van der Waals surface area (Å²) in [5.41, 5.74) is 4.43. The molecule has 0 unspecified atom stereocenters. The summed E-state index contributed by atoms with van der Waals surface area (Å²) in [7, 11) is -5.31. The van der Waals surface area contributed by atoms with Gasteiger partial charge in [0.25, 0.3) is 0 Å². The van der Waals surface area contributed by atoms with Gasteiger partial charge in [0.05, 0.1) is 16.6 Å². The third kappa shape index (κ3) is 2.87. The Labute approximate surface area is 190 Å². The maximum atomic E-state index is 13.4. The molecule has 3 aliphatic heterocycles. The van der Waals surface area contributed by atoms with Crippen molar-refractivity contribution in [1.29, 1.82) is 0 Å². The van der Waals surface area contributed by atoms with Crippen LogP contribution in [0.2, 0.25) is 0 Å². The van der Waals surface area contributed by atoms with E-state index in [-0.39, 0.29) is 11.4 Å². The summed E-state index contributed by atoms with van der Waals surface area (Å²) >= 11 is 0. The molecule has 170 valence electrons. The fraction of sp³-hybridized carbons (Fsp3) is 0.391. The highest BCUT2D eigenvalue weighted by molar-refractivity contribution is 7.89. The van der Waals surface area contributed by atoms with Gasteiger partial charge >= 0.3 is 0 Å². The summed E-state index contributed by atoms with van der Waals surface area (Å²) < 4.78 is 55.1. The molecule has 0 aliphatic carbocycles. The van der Waals surface area contributed by atoms with Gasteiger partial charge in [-0.25, -0.2) is 16.8 Å². The molecule has 9 heteroatoms. The Kier molecular flexibility index (Phi) is 4.58. The van der Waals surface area contributed by atoms with Crippen LogP contribution in [0.25, 0.3) is 0 Å². The van der Waals surface area contributed by atoms with Gasteiger partial charge in [0.2, 0.25) is 20.0 Å². The summed E-state index contributed by atoms with van der Waals surface area (Å²) in [5.74, 6) is 0. The average Bonchev–Trinajstić information content (AvgIpc) is 3.19. The van der Waals surface area contributed by atoms with E-state index in [0.717, 1.165) is 28.0 Å². The van der Waals surface area contributed by atoms with Crippen LogP contribution in [-0.2, 0) is 25.5 Å². The summed E-state index contributed by atoms with van der Waals surface area (Å²) in [5, 5.41) is 0. The number of piperidine rings is 1.